The molecule has 20 heavy (non-hydrogen) atoms. The van der Waals surface area contributed by atoms with Crippen LogP contribution in [0.3, 0.4) is 0 Å². The molecular formula is C16H25BrN2O. The van der Waals surface area contributed by atoms with Crippen molar-refractivity contribution < 1.29 is 4.74 Å². The third-order valence-electron chi connectivity index (χ3n) is 4.17. The summed E-state index contributed by atoms with van der Waals surface area (Å²) in [6.45, 7) is 5.27. The quantitative estimate of drug-likeness (QED) is 0.886. The van der Waals surface area contributed by atoms with Gasteiger partial charge in [-0.3, -0.25) is 0 Å². The molecule has 4 heteroatoms. The maximum atomic E-state index is 5.31. The fourth-order valence-corrected chi connectivity index (χ4v) is 3.52. The van der Waals surface area contributed by atoms with Crippen LogP contribution in [0.15, 0.2) is 22.7 Å². The van der Waals surface area contributed by atoms with E-state index in [2.05, 4.69) is 51.3 Å². The maximum Gasteiger partial charge on any atom is 0.0510 e. The molecule has 1 aromatic rings. The lowest BCUT2D eigenvalue weighted by Crippen LogP contribution is -2.37. The fourth-order valence-electron chi connectivity index (χ4n) is 2.87. The number of nitrogens with one attached hydrogen (secondary N) is 1. The SMILES string of the molecule is CNC(C)c1ccc(N2CCCC(COC)C2)c(Br)c1. The minimum Gasteiger partial charge on any atom is -0.384 e. The zero-order valence-corrected chi connectivity index (χ0v) is 14.2. The molecule has 0 aromatic heterocycles. The normalized spacial score (nSPS) is 21.0. The molecule has 1 heterocycles. The van der Waals surface area contributed by atoms with Crippen molar-refractivity contribution in [1.82, 2.24) is 5.32 Å². The zero-order valence-electron chi connectivity index (χ0n) is 12.7. The molecule has 0 radical (unpaired) electrons. The predicted molar refractivity (Wildman–Crippen MR) is 88.4 cm³/mol. The summed E-state index contributed by atoms with van der Waals surface area (Å²) in [5.41, 5.74) is 2.62. The third-order valence-corrected chi connectivity index (χ3v) is 4.80. The lowest BCUT2D eigenvalue weighted by molar-refractivity contribution is 0.143. The summed E-state index contributed by atoms with van der Waals surface area (Å²) in [5.74, 6) is 0.650. The summed E-state index contributed by atoms with van der Waals surface area (Å²) in [6.07, 6.45) is 2.52. The highest BCUT2D eigenvalue weighted by molar-refractivity contribution is 9.10. The number of methoxy groups -OCH3 is 1. The van der Waals surface area contributed by atoms with Crippen molar-refractivity contribution >= 4 is 21.6 Å². The van der Waals surface area contributed by atoms with E-state index in [4.69, 9.17) is 4.74 Å². The summed E-state index contributed by atoms with van der Waals surface area (Å²) in [5, 5.41) is 3.28. The van der Waals surface area contributed by atoms with Crippen LogP contribution in [0.2, 0.25) is 0 Å². The van der Waals surface area contributed by atoms with Gasteiger partial charge < -0.3 is 15.0 Å². The Kier molecular flexibility index (Phi) is 5.87. The lowest BCUT2D eigenvalue weighted by Gasteiger charge is -2.35. The Hall–Kier alpha value is -0.580. The van der Waals surface area contributed by atoms with Crippen LogP contribution in [-0.2, 0) is 4.74 Å². The maximum absolute atomic E-state index is 5.31. The van der Waals surface area contributed by atoms with Gasteiger partial charge in [-0.25, -0.2) is 0 Å². The molecule has 0 bridgehead atoms. The van der Waals surface area contributed by atoms with Crippen LogP contribution in [0.25, 0.3) is 0 Å². The lowest BCUT2D eigenvalue weighted by atomic mass is 9.98. The summed E-state index contributed by atoms with van der Waals surface area (Å²) in [6, 6.07) is 7.07. The van der Waals surface area contributed by atoms with E-state index < -0.39 is 0 Å². The number of hydrogen-bond donors (Lipinski definition) is 1. The summed E-state index contributed by atoms with van der Waals surface area (Å²) in [7, 11) is 3.79. The van der Waals surface area contributed by atoms with Crippen LogP contribution >= 0.6 is 15.9 Å². The Morgan fingerprint density at radius 1 is 1.50 bits per heavy atom. The molecular weight excluding hydrogens is 316 g/mol. The summed E-state index contributed by atoms with van der Waals surface area (Å²) < 4.78 is 6.50. The van der Waals surface area contributed by atoms with Crippen molar-refractivity contribution in [2.45, 2.75) is 25.8 Å². The van der Waals surface area contributed by atoms with E-state index >= 15 is 0 Å². The first-order chi connectivity index (χ1) is 9.65. The number of piperidine rings is 1. The first kappa shape index (κ1) is 15.8. The number of halogens is 1. The molecule has 1 aliphatic heterocycles. The van der Waals surface area contributed by atoms with Crippen LogP contribution in [-0.4, -0.2) is 33.9 Å². The molecule has 1 aliphatic rings. The molecule has 112 valence electrons. The first-order valence-corrected chi connectivity index (χ1v) is 8.15. The molecule has 2 unspecified atom stereocenters. The number of benzene rings is 1. The van der Waals surface area contributed by atoms with Crippen LogP contribution in [0.4, 0.5) is 5.69 Å². The van der Waals surface area contributed by atoms with Gasteiger partial charge in [-0.15, -0.1) is 0 Å². The van der Waals surface area contributed by atoms with Crippen LogP contribution in [0.1, 0.15) is 31.4 Å². The second-order valence-electron chi connectivity index (χ2n) is 5.63. The van der Waals surface area contributed by atoms with E-state index in [0.717, 1.165) is 19.7 Å². The van der Waals surface area contributed by atoms with Crippen LogP contribution in [0, 0.1) is 5.92 Å². The number of anilines is 1. The van der Waals surface area contributed by atoms with Crippen molar-refractivity contribution in [3.05, 3.63) is 28.2 Å². The van der Waals surface area contributed by atoms with Crippen molar-refractivity contribution in [1.29, 1.82) is 0 Å². The Bertz CT molecular complexity index is 436. The minimum atomic E-state index is 0.378. The van der Waals surface area contributed by atoms with Crippen molar-refractivity contribution in [3.8, 4) is 0 Å². The van der Waals surface area contributed by atoms with Crippen molar-refractivity contribution in [2.75, 3.05) is 38.8 Å². The molecule has 2 rings (SSSR count). The van der Waals surface area contributed by atoms with E-state index in [-0.39, 0.29) is 0 Å². The van der Waals surface area contributed by atoms with Crippen LogP contribution < -0.4 is 10.2 Å². The molecule has 0 aliphatic carbocycles. The Morgan fingerprint density at radius 2 is 2.30 bits per heavy atom. The number of rotatable bonds is 5. The van der Waals surface area contributed by atoms with Gasteiger partial charge in [0.25, 0.3) is 0 Å². The van der Waals surface area contributed by atoms with Gasteiger partial charge in [0, 0.05) is 30.7 Å². The molecule has 0 amide bonds. The van der Waals surface area contributed by atoms with Gasteiger partial charge in [0.2, 0.25) is 0 Å². The zero-order chi connectivity index (χ0) is 14.5. The predicted octanol–water partition coefficient (Wildman–Crippen LogP) is 3.59. The molecule has 3 nitrogen and oxygen atoms in total. The largest absolute Gasteiger partial charge is 0.384 e. The van der Waals surface area contributed by atoms with E-state index in [1.807, 2.05) is 7.05 Å². The third kappa shape index (κ3) is 3.74. The van der Waals surface area contributed by atoms with Gasteiger partial charge >= 0.3 is 0 Å². The number of ether oxygens (including phenoxy) is 1. The van der Waals surface area contributed by atoms with Gasteiger partial charge in [0.1, 0.15) is 0 Å². The monoisotopic (exact) mass is 340 g/mol. The molecule has 2 atom stereocenters. The topological polar surface area (TPSA) is 24.5 Å². The molecule has 1 aromatic carbocycles. The van der Waals surface area contributed by atoms with Crippen molar-refractivity contribution in [3.63, 3.8) is 0 Å². The highest BCUT2D eigenvalue weighted by Crippen LogP contribution is 2.32. The standard InChI is InChI=1S/C16H25BrN2O/c1-12(18-2)14-6-7-16(15(17)9-14)19-8-4-5-13(10-19)11-20-3/h6-7,9,12-13,18H,4-5,8,10-11H2,1-3H3. The second kappa shape index (κ2) is 7.43. The minimum absolute atomic E-state index is 0.378. The average molecular weight is 341 g/mol. The van der Waals surface area contributed by atoms with E-state index in [9.17, 15) is 0 Å². The van der Waals surface area contributed by atoms with Gasteiger partial charge in [0.15, 0.2) is 0 Å². The molecule has 1 fully saturated rings. The Labute approximate surface area is 130 Å². The number of nitrogens with zero attached hydrogens (tertiary/aromatic N) is 1. The summed E-state index contributed by atoms with van der Waals surface area (Å²) >= 11 is 3.74. The van der Waals surface area contributed by atoms with Crippen molar-refractivity contribution in [2.24, 2.45) is 5.92 Å². The smallest absolute Gasteiger partial charge is 0.0510 e. The highest BCUT2D eigenvalue weighted by atomic mass is 79.9. The highest BCUT2D eigenvalue weighted by Gasteiger charge is 2.21. The second-order valence-corrected chi connectivity index (χ2v) is 6.49. The van der Waals surface area contributed by atoms with Gasteiger partial charge in [-0.05, 0) is 66.4 Å². The summed E-state index contributed by atoms with van der Waals surface area (Å²) in [4.78, 5) is 2.48. The van der Waals surface area contributed by atoms with Gasteiger partial charge in [0.05, 0.1) is 12.3 Å². The van der Waals surface area contributed by atoms with Gasteiger partial charge in [-0.1, -0.05) is 6.07 Å². The Balaban J connectivity index is 2.12. The van der Waals surface area contributed by atoms with Gasteiger partial charge in [-0.2, -0.15) is 0 Å². The van der Waals surface area contributed by atoms with E-state index in [1.165, 1.54) is 28.6 Å². The van der Waals surface area contributed by atoms with Crippen LogP contribution in [0.5, 0.6) is 0 Å². The van der Waals surface area contributed by atoms with E-state index in [0.29, 0.717) is 12.0 Å². The molecule has 1 saturated heterocycles. The Morgan fingerprint density at radius 3 is 2.95 bits per heavy atom. The average Bonchev–Trinajstić information content (AvgIpc) is 2.47. The molecule has 0 saturated carbocycles. The molecule has 0 spiro atoms. The van der Waals surface area contributed by atoms with E-state index in [1.54, 1.807) is 7.11 Å². The first-order valence-electron chi connectivity index (χ1n) is 7.36. The number of hydrogen-bond acceptors (Lipinski definition) is 3. The fraction of sp³-hybridized carbons (Fsp3) is 0.625. The molecule has 1 N–H and O–H groups in total.